The molecule has 0 bridgehead atoms. The van der Waals surface area contributed by atoms with Gasteiger partial charge in [-0.2, -0.15) is 0 Å². The van der Waals surface area contributed by atoms with Crippen molar-refractivity contribution in [3.8, 4) is 5.75 Å². The maximum atomic E-state index is 11.5. The molecule has 0 fully saturated rings. The van der Waals surface area contributed by atoms with Crippen LogP contribution in [0.2, 0.25) is 0 Å². The largest absolute Gasteiger partial charge is 0.507 e. The quantitative estimate of drug-likeness (QED) is 0.886. The van der Waals surface area contributed by atoms with Crippen LogP contribution in [-0.2, 0) is 15.3 Å². The summed E-state index contributed by atoms with van der Waals surface area (Å²) in [6.45, 7) is 6.14. The van der Waals surface area contributed by atoms with Crippen LogP contribution in [0.15, 0.2) is 23.1 Å². The summed E-state index contributed by atoms with van der Waals surface area (Å²) < 4.78 is 22.9. The highest BCUT2D eigenvalue weighted by Crippen LogP contribution is 2.32. The van der Waals surface area contributed by atoms with Crippen molar-refractivity contribution in [1.82, 2.24) is 0 Å². The van der Waals surface area contributed by atoms with Gasteiger partial charge in [-0.15, -0.1) is 0 Å². The maximum absolute atomic E-state index is 11.5. The number of phenols is 1. The van der Waals surface area contributed by atoms with Crippen LogP contribution in [0.5, 0.6) is 5.75 Å². The molecule has 0 radical (unpaired) electrons. The lowest BCUT2D eigenvalue weighted by Gasteiger charge is -2.23. The fourth-order valence-electron chi connectivity index (χ4n) is 1.44. The molecule has 0 aliphatic rings. The summed E-state index contributed by atoms with van der Waals surface area (Å²) in [7, 11) is -3.37. The first-order chi connectivity index (χ1) is 7.18. The van der Waals surface area contributed by atoms with E-state index in [4.69, 9.17) is 0 Å². The molecule has 90 valence electrons. The summed E-state index contributed by atoms with van der Waals surface area (Å²) in [6.07, 6.45) is 2.01. The van der Waals surface area contributed by atoms with Gasteiger partial charge < -0.3 is 5.11 Å². The van der Waals surface area contributed by atoms with Crippen molar-refractivity contribution in [2.75, 3.05) is 6.26 Å². The van der Waals surface area contributed by atoms with Crippen LogP contribution >= 0.6 is 0 Å². The van der Waals surface area contributed by atoms with Crippen LogP contribution < -0.4 is 0 Å². The van der Waals surface area contributed by atoms with Crippen LogP contribution in [-0.4, -0.2) is 19.8 Å². The van der Waals surface area contributed by atoms with Gasteiger partial charge in [0.25, 0.3) is 0 Å². The van der Waals surface area contributed by atoms with Gasteiger partial charge in [-0.1, -0.05) is 26.8 Å². The SMILES string of the molecule is CCC(C)(C)c1ccc(O)c(S(C)(=O)=O)c1. The Bertz CT molecular complexity index is 487. The van der Waals surface area contributed by atoms with Crippen LogP contribution in [0.4, 0.5) is 0 Å². The molecule has 0 aliphatic carbocycles. The Hall–Kier alpha value is -1.03. The maximum Gasteiger partial charge on any atom is 0.179 e. The van der Waals surface area contributed by atoms with Crippen molar-refractivity contribution in [3.05, 3.63) is 23.8 Å². The van der Waals surface area contributed by atoms with Crippen molar-refractivity contribution in [3.63, 3.8) is 0 Å². The van der Waals surface area contributed by atoms with Crippen molar-refractivity contribution >= 4 is 9.84 Å². The van der Waals surface area contributed by atoms with E-state index in [2.05, 4.69) is 0 Å². The van der Waals surface area contributed by atoms with Crippen LogP contribution in [0.25, 0.3) is 0 Å². The molecule has 1 aromatic rings. The molecule has 1 rings (SSSR count). The normalized spacial score (nSPS) is 12.8. The second-order valence-electron chi connectivity index (χ2n) is 4.69. The van der Waals surface area contributed by atoms with Gasteiger partial charge in [0.05, 0.1) is 0 Å². The van der Waals surface area contributed by atoms with Gasteiger partial charge in [-0.25, -0.2) is 8.42 Å². The van der Waals surface area contributed by atoms with Gasteiger partial charge in [-0.05, 0) is 29.5 Å². The molecule has 0 saturated heterocycles. The van der Waals surface area contributed by atoms with Crippen LogP contribution in [0.3, 0.4) is 0 Å². The van der Waals surface area contributed by atoms with E-state index < -0.39 is 9.84 Å². The first-order valence-corrected chi connectivity index (χ1v) is 7.11. The third-order valence-electron chi connectivity index (χ3n) is 3.02. The molecule has 16 heavy (non-hydrogen) atoms. The van der Waals surface area contributed by atoms with Gasteiger partial charge in [0.1, 0.15) is 10.6 Å². The number of phenolic OH excluding ortho intramolecular Hbond substituents is 1. The zero-order chi connectivity index (χ0) is 12.6. The third kappa shape index (κ3) is 2.55. The highest BCUT2D eigenvalue weighted by atomic mass is 32.2. The van der Waals surface area contributed by atoms with E-state index in [1.165, 1.54) is 6.07 Å². The van der Waals surface area contributed by atoms with Gasteiger partial charge in [0, 0.05) is 6.26 Å². The lowest BCUT2D eigenvalue weighted by atomic mass is 9.82. The van der Waals surface area contributed by atoms with E-state index in [0.29, 0.717) is 0 Å². The monoisotopic (exact) mass is 242 g/mol. The number of sulfone groups is 1. The standard InChI is InChI=1S/C12H18O3S/c1-5-12(2,3)9-6-7-10(13)11(8-9)16(4,14)15/h6-8,13H,5H2,1-4H3. The molecule has 1 N–H and O–H groups in total. The molecule has 0 aliphatic heterocycles. The first kappa shape index (κ1) is 13.0. The average Bonchev–Trinajstić information content (AvgIpc) is 2.16. The minimum atomic E-state index is -3.37. The Kier molecular flexibility index (Phi) is 3.33. The predicted molar refractivity (Wildman–Crippen MR) is 64.5 cm³/mol. The van der Waals surface area contributed by atoms with Crippen molar-refractivity contribution in [2.24, 2.45) is 0 Å². The zero-order valence-electron chi connectivity index (χ0n) is 10.1. The molecule has 1 aromatic carbocycles. The minimum Gasteiger partial charge on any atom is -0.507 e. The van der Waals surface area contributed by atoms with E-state index in [-0.39, 0.29) is 16.1 Å². The molecular weight excluding hydrogens is 224 g/mol. The van der Waals surface area contributed by atoms with Crippen LogP contribution in [0, 0.1) is 0 Å². The van der Waals surface area contributed by atoms with Crippen molar-refractivity contribution in [2.45, 2.75) is 37.5 Å². The molecule has 0 amide bonds. The molecule has 0 spiro atoms. The number of benzene rings is 1. The zero-order valence-corrected chi connectivity index (χ0v) is 10.9. The lowest BCUT2D eigenvalue weighted by molar-refractivity contribution is 0.454. The Balaban J connectivity index is 3.40. The van der Waals surface area contributed by atoms with E-state index in [9.17, 15) is 13.5 Å². The molecular formula is C12H18O3S. The highest BCUT2D eigenvalue weighted by molar-refractivity contribution is 7.90. The Morgan fingerprint density at radius 1 is 1.31 bits per heavy atom. The smallest absolute Gasteiger partial charge is 0.179 e. The summed E-state index contributed by atoms with van der Waals surface area (Å²) in [5, 5.41) is 9.53. The topological polar surface area (TPSA) is 54.4 Å². The lowest BCUT2D eigenvalue weighted by Crippen LogP contribution is -2.16. The van der Waals surface area contributed by atoms with Gasteiger partial charge in [0.15, 0.2) is 9.84 Å². The number of hydrogen-bond donors (Lipinski definition) is 1. The Morgan fingerprint density at radius 3 is 2.31 bits per heavy atom. The molecule has 0 saturated carbocycles. The second-order valence-corrected chi connectivity index (χ2v) is 6.68. The Labute approximate surface area is 97.0 Å². The van der Waals surface area contributed by atoms with Gasteiger partial charge >= 0.3 is 0 Å². The summed E-state index contributed by atoms with van der Waals surface area (Å²) in [5.74, 6) is -0.182. The highest BCUT2D eigenvalue weighted by Gasteiger charge is 2.21. The van der Waals surface area contributed by atoms with E-state index in [1.807, 2.05) is 20.8 Å². The van der Waals surface area contributed by atoms with Crippen LogP contribution in [0.1, 0.15) is 32.8 Å². The minimum absolute atomic E-state index is 0.00604. The summed E-state index contributed by atoms with van der Waals surface area (Å²) in [5.41, 5.74) is 0.834. The number of aromatic hydroxyl groups is 1. The second kappa shape index (κ2) is 4.09. The number of rotatable bonds is 3. The van der Waals surface area contributed by atoms with Gasteiger partial charge in [-0.3, -0.25) is 0 Å². The first-order valence-electron chi connectivity index (χ1n) is 5.22. The molecule has 3 nitrogen and oxygen atoms in total. The summed E-state index contributed by atoms with van der Waals surface area (Å²) in [6, 6.07) is 4.78. The molecule has 4 heteroatoms. The molecule has 0 heterocycles. The molecule has 0 aromatic heterocycles. The molecule has 0 unspecified atom stereocenters. The van der Waals surface area contributed by atoms with Crippen molar-refractivity contribution < 1.29 is 13.5 Å². The summed E-state index contributed by atoms with van der Waals surface area (Å²) in [4.78, 5) is 0.00604. The molecule has 0 atom stereocenters. The fourth-order valence-corrected chi connectivity index (χ4v) is 2.23. The van der Waals surface area contributed by atoms with E-state index in [0.717, 1.165) is 18.2 Å². The van der Waals surface area contributed by atoms with E-state index >= 15 is 0 Å². The Morgan fingerprint density at radius 2 is 1.88 bits per heavy atom. The number of hydrogen-bond acceptors (Lipinski definition) is 3. The summed E-state index contributed by atoms with van der Waals surface area (Å²) >= 11 is 0. The third-order valence-corrected chi connectivity index (χ3v) is 4.15. The average molecular weight is 242 g/mol. The fraction of sp³-hybridized carbons (Fsp3) is 0.500. The van der Waals surface area contributed by atoms with Crippen molar-refractivity contribution in [1.29, 1.82) is 0 Å². The van der Waals surface area contributed by atoms with Gasteiger partial charge in [0.2, 0.25) is 0 Å². The predicted octanol–water partition coefficient (Wildman–Crippen LogP) is 2.48. The van der Waals surface area contributed by atoms with E-state index in [1.54, 1.807) is 12.1 Å².